The number of methoxy groups -OCH3 is 1. The van der Waals surface area contributed by atoms with E-state index in [2.05, 4.69) is 10.0 Å². The van der Waals surface area contributed by atoms with Crippen molar-refractivity contribution >= 4 is 21.6 Å². The van der Waals surface area contributed by atoms with E-state index in [0.717, 1.165) is 37.8 Å². The summed E-state index contributed by atoms with van der Waals surface area (Å²) < 4.78 is 47.8. The van der Waals surface area contributed by atoms with Gasteiger partial charge in [0.25, 0.3) is 5.91 Å². The molecule has 2 aromatic carbocycles. The number of rotatable bonds is 6. The van der Waals surface area contributed by atoms with Gasteiger partial charge in [-0.1, -0.05) is 31.9 Å². The zero-order valence-corrected chi connectivity index (χ0v) is 17.3. The number of carbonyl (C=O) groups is 1. The van der Waals surface area contributed by atoms with Crippen LogP contribution in [0.15, 0.2) is 47.4 Å². The van der Waals surface area contributed by atoms with Crippen molar-refractivity contribution in [3.8, 4) is 5.75 Å². The zero-order chi connectivity index (χ0) is 21.0. The third kappa shape index (κ3) is 4.94. The summed E-state index contributed by atoms with van der Waals surface area (Å²) in [6.45, 7) is 2.02. The van der Waals surface area contributed by atoms with Crippen LogP contribution in [0.2, 0.25) is 0 Å². The van der Waals surface area contributed by atoms with E-state index in [0.29, 0.717) is 11.4 Å². The van der Waals surface area contributed by atoms with Crippen LogP contribution >= 0.6 is 0 Å². The van der Waals surface area contributed by atoms with Crippen LogP contribution < -0.4 is 14.8 Å². The normalized spacial score (nSPS) is 19.6. The summed E-state index contributed by atoms with van der Waals surface area (Å²) in [5, 5.41) is 2.57. The topological polar surface area (TPSA) is 84.5 Å². The van der Waals surface area contributed by atoms with Gasteiger partial charge in [-0.2, -0.15) is 0 Å². The molecule has 29 heavy (non-hydrogen) atoms. The summed E-state index contributed by atoms with van der Waals surface area (Å²) in [6.07, 6.45) is 3.78. The van der Waals surface area contributed by atoms with Crippen LogP contribution in [0.25, 0.3) is 0 Å². The third-order valence-electron chi connectivity index (χ3n) is 5.27. The van der Waals surface area contributed by atoms with E-state index in [1.165, 1.54) is 13.2 Å². The van der Waals surface area contributed by atoms with Gasteiger partial charge in [-0.25, -0.2) is 17.5 Å². The van der Waals surface area contributed by atoms with Crippen LogP contribution in [0.1, 0.15) is 43.0 Å². The summed E-state index contributed by atoms with van der Waals surface area (Å²) in [5.74, 6) is -0.914. The van der Waals surface area contributed by atoms with Gasteiger partial charge in [0, 0.05) is 6.04 Å². The van der Waals surface area contributed by atoms with Gasteiger partial charge in [0.05, 0.1) is 23.3 Å². The number of anilines is 1. The first kappa shape index (κ1) is 21.3. The van der Waals surface area contributed by atoms with Crippen LogP contribution in [-0.4, -0.2) is 27.5 Å². The molecule has 0 radical (unpaired) electrons. The van der Waals surface area contributed by atoms with Gasteiger partial charge in [-0.15, -0.1) is 0 Å². The first-order valence-corrected chi connectivity index (χ1v) is 11.1. The van der Waals surface area contributed by atoms with Crippen molar-refractivity contribution in [1.29, 1.82) is 0 Å². The molecule has 2 atom stereocenters. The van der Waals surface area contributed by atoms with Gasteiger partial charge in [0.15, 0.2) is 0 Å². The van der Waals surface area contributed by atoms with E-state index in [9.17, 15) is 17.6 Å². The lowest BCUT2D eigenvalue weighted by molar-refractivity contribution is 0.102. The smallest absolute Gasteiger partial charge is 0.258 e. The molecular formula is C21H25FN2O4S. The number of ether oxygens (including phenoxy) is 1. The number of benzene rings is 2. The van der Waals surface area contributed by atoms with Crippen molar-refractivity contribution < 1.29 is 22.3 Å². The molecule has 0 aliphatic heterocycles. The third-order valence-corrected chi connectivity index (χ3v) is 6.75. The fourth-order valence-electron chi connectivity index (χ4n) is 3.54. The molecule has 3 rings (SSSR count). The molecule has 1 amide bonds. The van der Waals surface area contributed by atoms with E-state index >= 15 is 0 Å². The summed E-state index contributed by atoms with van der Waals surface area (Å²) in [6, 6.07) is 9.77. The highest BCUT2D eigenvalue weighted by atomic mass is 32.2. The molecule has 0 spiro atoms. The molecule has 6 nitrogen and oxygen atoms in total. The van der Waals surface area contributed by atoms with Crippen molar-refractivity contribution in [2.24, 2.45) is 5.92 Å². The Bertz CT molecular complexity index is 994. The minimum atomic E-state index is -3.87. The van der Waals surface area contributed by atoms with Crippen molar-refractivity contribution in [2.75, 3.05) is 12.4 Å². The van der Waals surface area contributed by atoms with E-state index in [4.69, 9.17) is 4.74 Å². The van der Waals surface area contributed by atoms with Crippen molar-refractivity contribution in [1.82, 2.24) is 4.72 Å². The molecule has 8 heteroatoms. The molecule has 1 saturated carbocycles. The monoisotopic (exact) mass is 420 g/mol. The Morgan fingerprint density at radius 2 is 1.86 bits per heavy atom. The Kier molecular flexibility index (Phi) is 6.54. The number of halogens is 1. The lowest BCUT2D eigenvalue weighted by Gasteiger charge is -2.29. The second-order valence-corrected chi connectivity index (χ2v) is 9.00. The minimum absolute atomic E-state index is 0.137. The summed E-state index contributed by atoms with van der Waals surface area (Å²) in [4.78, 5) is 12.5. The first-order valence-electron chi connectivity index (χ1n) is 9.58. The Morgan fingerprint density at radius 3 is 2.59 bits per heavy atom. The number of sulfonamides is 1. The maximum atomic E-state index is 14.3. The van der Waals surface area contributed by atoms with Crippen LogP contribution in [0.4, 0.5) is 10.1 Å². The molecule has 1 aliphatic carbocycles. The number of carbonyl (C=O) groups excluding carboxylic acids is 1. The molecule has 1 fully saturated rings. The highest BCUT2D eigenvalue weighted by Crippen LogP contribution is 2.27. The average Bonchev–Trinajstić information content (AvgIpc) is 2.70. The largest absolute Gasteiger partial charge is 0.495 e. The second-order valence-electron chi connectivity index (χ2n) is 7.29. The van der Waals surface area contributed by atoms with Gasteiger partial charge in [-0.05, 0) is 49.1 Å². The number of para-hydroxylation sites is 2. The lowest BCUT2D eigenvalue weighted by Crippen LogP contribution is -2.41. The van der Waals surface area contributed by atoms with Crippen LogP contribution in [-0.2, 0) is 10.0 Å². The maximum absolute atomic E-state index is 14.3. The standard InChI is InChI=1S/C21H25FN2O4S/c1-14-7-3-4-8-18(14)24-29(26,27)15-11-12-17(22)16(13-15)21(25)23-19-9-5-6-10-20(19)28-2/h5-6,9-14,18,24H,3-4,7-8H2,1-2H3,(H,23,25). The zero-order valence-electron chi connectivity index (χ0n) is 16.4. The minimum Gasteiger partial charge on any atom is -0.495 e. The molecule has 156 valence electrons. The Hall–Kier alpha value is -2.45. The molecule has 0 heterocycles. The van der Waals surface area contributed by atoms with Crippen molar-refractivity contribution in [3.05, 3.63) is 53.8 Å². The van der Waals surface area contributed by atoms with Gasteiger partial charge in [-0.3, -0.25) is 4.79 Å². The van der Waals surface area contributed by atoms with Gasteiger partial charge in [0.1, 0.15) is 11.6 Å². The molecule has 0 saturated heterocycles. The van der Waals surface area contributed by atoms with Crippen LogP contribution in [0.5, 0.6) is 5.75 Å². The summed E-state index contributed by atoms with van der Waals surface area (Å²) in [7, 11) is -2.42. The van der Waals surface area contributed by atoms with E-state index in [1.54, 1.807) is 24.3 Å². The van der Waals surface area contributed by atoms with Gasteiger partial charge < -0.3 is 10.1 Å². The van der Waals surface area contributed by atoms with E-state index < -0.39 is 21.7 Å². The molecule has 0 aromatic heterocycles. The molecule has 1 aliphatic rings. The predicted molar refractivity (Wildman–Crippen MR) is 109 cm³/mol. The number of amides is 1. The maximum Gasteiger partial charge on any atom is 0.258 e. The van der Waals surface area contributed by atoms with Gasteiger partial charge in [0.2, 0.25) is 10.0 Å². The highest BCUT2D eigenvalue weighted by Gasteiger charge is 2.28. The Balaban J connectivity index is 1.84. The summed E-state index contributed by atoms with van der Waals surface area (Å²) in [5.41, 5.74) is 0.0114. The van der Waals surface area contributed by atoms with Crippen LogP contribution in [0, 0.1) is 11.7 Å². The summed E-state index contributed by atoms with van der Waals surface area (Å²) >= 11 is 0. The van der Waals surface area contributed by atoms with Gasteiger partial charge >= 0.3 is 0 Å². The fraction of sp³-hybridized carbons (Fsp3) is 0.381. The van der Waals surface area contributed by atoms with Crippen molar-refractivity contribution in [3.63, 3.8) is 0 Å². The molecule has 2 unspecified atom stereocenters. The quantitative estimate of drug-likeness (QED) is 0.741. The lowest BCUT2D eigenvalue weighted by atomic mass is 9.87. The Morgan fingerprint density at radius 1 is 1.14 bits per heavy atom. The van der Waals surface area contributed by atoms with E-state index in [-0.39, 0.29) is 22.4 Å². The SMILES string of the molecule is COc1ccccc1NC(=O)c1cc(S(=O)(=O)NC2CCCCC2C)ccc1F. The molecular weight excluding hydrogens is 395 g/mol. The highest BCUT2D eigenvalue weighted by molar-refractivity contribution is 7.89. The Labute approximate surface area is 170 Å². The van der Waals surface area contributed by atoms with Crippen molar-refractivity contribution in [2.45, 2.75) is 43.5 Å². The first-order chi connectivity index (χ1) is 13.8. The molecule has 0 bridgehead atoms. The number of hydrogen-bond acceptors (Lipinski definition) is 4. The molecule has 2 aromatic rings. The molecule has 2 N–H and O–H groups in total. The van der Waals surface area contributed by atoms with E-state index in [1.807, 2.05) is 6.92 Å². The number of hydrogen-bond donors (Lipinski definition) is 2. The average molecular weight is 421 g/mol. The van der Waals surface area contributed by atoms with Crippen LogP contribution in [0.3, 0.4) is 0 Å². The predicted octanol–water partition coefficient (Wildman–Crippen LogP) is 3.94. The second kappa shape index (κ2) is 8.92. The number of nitrogens with one attached hydrogen (secondary N) is 2. The fourth-order valence-corrected chi connectivity index (χ4v) is 4.95.